The SMILES string of the molecule is CCN1CCN(CC(=O)OCC(=O)OC2CCN(S(=O)(=O)c3cc(C(=O)Nc4cc(F)c(F)c(F)c4)ccc3F)CC2)CC1. The van der Waals surface area contributed by atoms with Gasteiger partial charge in [0.2, 0.25) is 10.0 Å². The van der Waals surface area contributed by atoms with Crippen LogP contribution in [0.5, 0.6) is 0 Å². The number of nitrogens with one attached hydrogen (secondary N) is 1. The fourth-order valence-corrected chi connectivity index (χ4v) is 6.41. The molecule has 240 valence electrons. The van der Waals surface area contributed by atoms with E-state index in [-0.39, 0.29) is 38.0 Å². The van der Waals surface area contributed by atoms with Crippen LogP contribution >= 0.6 is 0 Å². The summed E-state index contributed by atoms with van der Waals surface area (Å²) < 4.78 is 92.6. The first-order valence-corrected chi connectivity index (χ1v) is 15.4. The fourth-order valence-electron chi connectivity index (χ4n) is 4.85. The van der Waals surface area contributed by atoms with E-state index in [2.05, 4.69) is 17.1 Å². The number of likely N-dealkylation sites (N-methyl/N-ethyl adjacent to an activating group) is 1. The Morgan fingerprint density at radius 3 is 2.09 bits per heavy atom. The summed E-state index contributed by atoms with van der Waals surface area (Å²) in [5.74, 6) is -8.31. The molecule has 0 saturated carbocycles. The maximum absolute atomic E-state index is 14.6. The smallest absolute Gasteiger partial charge is 0.344 e. The van der Waals surface area contributed by atoms with Gasteiger partial charge in [-0.25, -0.2) is 30.8 Å². The van der Waals surface area contributed by atoms with Gasteiger partial charge in [0.25, 0.3) is 5.91 Å². The van der Waals surface area contributed by atoms with Crippen LogP contribution in [-0.4, -0.2) is 105 Å². The predicted molar refractivity (Wildman–Crippen MR) is 148 cm³/mol. The van der Waals surface area contributed by atoms with Crippen molar-refractivity contribution in [3.8, 4) is 0 Å². The van der Waals surface area contributed by atoms with Crippen molar-refractivity contribution in [3.63, 3.8) is 0 Å². The molecule has 1 amide bonds. The Morgan fingerprint density at radius 2 is 1.48 bits per heavy atom. The molecule has 2 aromatic carbocycles. The fraction of sp³-hybridized carbons (Fsp3) is 0.464. The van der Waals surface area contributed by atoms with Gasteiger partial charge >= 0.3 is 11.9 Å². The van der Waals surface area contributed by atoms with E-state index in [1.54, 1.807) is 0 Å². The largest absolute Gasteiger partial charge is 0.460 e. The third-order valence-electron chi connectivity index (χ3n) is 7.37. The molecule has 2 aliphatic rings. The second kappa shape index (κ2) is 14.5. The minimum Gasteiger partial charge on any atom is -0.460 e. The highest BCUT2D eigenvalue weighted by Gasteiger charge is 2.33. The van der Waals surface area contributed by atoms with Crippen LogP contribution in [0.25, 0.3) is 0 Å². The number of anilines is 1. The summed E-state index contributed by atoms with van der Waals surface area (Å²) in [5.41, 5.74) is -0.770. The number of carbonyl (C=O) groups is 3. The van der Waals surface area contributed by atoms with Gasteiger partial charge in [0.1, 0.15) is 16.8 Å². The molecule has 2 saturated heterocycles. The van der Waals surface area contributed by atoms with Crippen LogP contribution in [0.2, 0.25) is 0 Å². The van der Waals surface area contributed by atoms with Gasteiger partial charge in [-0.15, -0.1) is 0 Å². The lowest BCUT2D eigenvalue weighted by Crippen LogP contribution is -2.48. The molecule has 16 heteroatoms. The Morgan fingerprint density at radius 1 is 0.864 bits per heavy atom. The number of piperidine rings is 1. The van der Waals surface area contributed by atoms with Crippen molar-refractivity contribution in [2.45, 2.75) is 30.8 Å². The number of ether oxygens (including phenoxy) is 2. The quantitative estimate of drug-likeness (QED) is 0.236. The molecular formula is C28H32F4N4O7S. The van der Waals surface area contributed by atoms with Crippen molar-refractivity contribution in [2.75, 3.05) is 64.3 Å². The van der Waals surface area contributed by atoms with Crippen molar-refractivity contribution < 1.29 is 49.8 Å². The van der Waals surface area contributed by atoms with Crippen LogP contribution in [0.3, 0.4) is 0 Å². The number of nitrogens with zero attached hydrogens (tertiary/aromatic N) is 3. The molecule has 0 spiro atoms. The lowest BCUT2D eigenvalue weighted by Gasteiger charge is -2.33. The zero-order chi connectivity index (χ0) is 32.0. The molecular weight excluding hydrogens is 612 g/mol. The van der Waals surface area contributed by atoms with Crippen molar-refractivity contribution in [1.82, 2.24) is 14.1 Å². The van der Waals surface area contributed by atoms with E-state index in [1.807, 2.05) is 4.90 Å². The normalized spacial score (nSPS) is 17.3. The monoisotopic (exact) mass is 644 g/mol. The summed E-state index contributed by atoms with van der Waals surface area (Å²) in [4.78, 5) is 40.3. The standard InChI is InChI=1S/C28H32F4N4O7S/c1-2-34-9-11-35(12-10-34)16-25(37)42-17-26(38)43-20-5-7-36(8-6-20)44(40,41)24-13-18(3-4-21(24)29)28(39)33-19-14-22(30)27(32)23(31)15-19/h3-4,13-15,20H,2,5-12,16-17H2,1H3,(H,33,39). The number of rotatable bonds is 10. The van der Waals surface area contributed by atoms with E-state index in [4.69, 9.17) is 9.47 Å². The summed E-state index contributed by atoms with van der Waals surface area (Å²) in [6.45, 7) is 5.34. The first-order chi connectivity index (χ1) is 20.9. The van der Waals surface area contributed by atoms with Gasteiger partial charge in [-0.1, -0.05) is 6.92 Å². The van der Waals surface area contributed by atoms with Crippen molar-refractivity contribution in [1.29, 1.82) is 0 Å². The predicted octanol–water partition coefficient (Wildman–Crippen LogP) is 2.37. The average molecular weight is 645 g/mol. The summed E-state index contributed by atoms with van der Waals surface area (Å²) >= 11 is 0. The highest BCUT2D eigenvalue weighted by atomic mass is 32.2. The third-order valence-corrected chi connectivity index (χ3v) is 9.28. The van der Waals surface area contributed by atoms with Crippen molar-refractivity contribution in [3.05, 3.63) is 59.2 Å². The van der Waals surface area contributed by atoms with Crippen LogP contribution in [0.15, 0.2) is 35.2 Å². The number of hydrogen-bond donors (Lipinski definition) is 1. The number of halogens is 4. The second-order valence-corrected chi connectivity index (χ2v) is 12.2. The molecule has 11 nitrogen and oxygen atoms in total. The van der Waals surface area contributed by atoms with E-state index in [1.165, 1.54) is 0 Å². The molecule has 0 radical (unpaired) electrons. The molecule has 1 N–H and O–H groups in total. The molecule has 2 heterocycles. The van der Waals surface area contributed by atoms with Gasteiger partial charge in [-0.3, -0.25) is 14.5 Å². The van der Waals surface area contributed by atoms with Crippen LogP contribution < -0.4 is 5.32 Å². The van der Waals surface area contributed by atoms with Crippen LogP contribution in [0.1, 0.15) is 30.1 Å². The number of benzene rings is 2. The van der Waals surface area contributed by atoms with Crippen molar-refractivity contribution >= 4 is 33.6 Å². The van der Waals surface area contributed by atoms with Crippen LogP contribution in [0, 0.1) is 23.3 Å². The van der Waals surface area contributed by atoms with E-state index >= 15 is 0 Å². The zero-order valence-electron chi connectivity index (χ0n) is 23.9. The van der Waals surface area contributed by atoms with Gasteiger partial charge < -0.3 is 19.7 Å². The van der Waals surface area contributed by atoms with Gasteiger partial charge in [0.15, 0.2) is 24.1 Å². The summed E-state index contributed by atoms with van der Waals surface area (Å²) in [6.07, 6.45) is -0.484. The van der Waals surface area contributed by atoms with E-state index < -0.39 is 74.4 Å². The summed E-state index contributed by atoms with van der Waals surface area (Å²) in [6, 6.07) is 3.59. The second-order valence-electron chi connectivity index (χ2n) is 10.3. The number of sulfonamides is 1. The first kappa shape index (κ1) is 33.3. The Bertz CT molecular complexity index is 1470. The van der Waals surface area contributed by atoms with Crippen LogP contribution in [-0.2, 0) is 29.1 Å². The van der Waals surface area contributed by atoms with Gasteiger partial charge in [0.05, 0.1) is 6.54 Å². The van der Waals surface area contributed by atoms with Gasteiger partial charge in [0, 0.05) is 62.7 Å². The maximum atomic E-state index is 14.6. The average Bonchev–Trinajstić information content (AvgIpc) is 2.99. The Kier molecular flexibility index (Phi) is 10.9. The lowest BCUT2D eigenvalue weighted by atomic mass is 10.1. The molecule has 2 aromatic rings. The molecule has 0 bridgehead atoms. The summed E-state index contributed by atoms with van der Waals surface area (Å²) in [5, 5.41) is 2.11. The third kappa shape index (κ3) is 8.31. The Labute approximate surface area is 251 Å². The Balaban J connectivity index is 1.27. The number of carbonyl (C=O) groups excluding carboxylic acids is 3. The molecule has 4 rings (SSSR count). The molecule has 0 unspecified atom stereocenters. The number of esters is 2. The zero-order valence-corrected chi connectivity index (χ0v) is 24.7. The van der Waals surface area contributed by atoms with Gasteiger partial charge in [-0.2, -0.15) is 4.31 Å². The Hall–Kier alpha value is -3.60. The van der Waals surface area contributed by atoms with E-state index in [0.717, 1.165) is 42.1 Å². The molecule has 2 fully saturated rings. The first-order valence-electron chi connectivity index (χ1n) is 13.9. The number of amides is 1. The maximum Gasteiger partial charge on any atom is 0.344 e. The lowest BCUT2D eigenvalue weighted by molar-refractivity contribution is -0.164. The molecule has 2 aliphatic heterocycles. The minimum absolute atomic E-state index is 0.0594. The highest BCUT2D eigenvalue weighted by molar-refractivity contribution is 7.89. The number of piperazine rings is 1. The van der Waals surface area contributed by atoms with Crippen LogP contribution in [0.4, 0.5) is 23.2 Å². The van der Waals surface area contributed by atoms with Crippen molar-refractivity contribution in [2.24, 2.45) is 0 Å². The molecule has 0 aromatic heterocycles. The van der Waals surface area contributed by atoms with E-state index in [9.17, 15) is 40.4 Å². The van der Waals surface area contributed by atoms with E-state index in [0.29, 0.717) is 25.2 Å². The highest BCUT2D eigenvalue weighted by Crippen LogP contribution is 2.26. The van der Waals surface area contributed by atoms with Gasteiger partial charge in [-0.05, 0) is 37.6 Å². The minimum atomic E-state index is -4.44. The summed E-state index contributed by atoms with van der Waals surface area (Å²) in [7, 11) is -4.44. The molecule has 0 atom stereocenters. The molecule has 0 aliphatic carbocycles. The number of hydrogen-bond acceptors (Lipinski definition) is 9. The molecule has 44 heavy (non-hydrogen) atoms. The topological polar surface area (TPSA) is 126 Å².